The van der Waals surface area contributed by atoms with Gasteiger partial charge in [0.25, 0.3) is 0 Å². The summed E-state index contributed by atoms with van der Waals surface area (Å²) in [6.07, 6.45) is -4.64. The first-order valence-corrected chi connectivity index (χ1v) is 6.46. The zero-order chi connectivity index (χ0) is 14.1. The van der Waals surface area contributed by atoms with Gasteiger partial charge >= 0.3 is 0 Å². The minimum absolute atomic E-state index is 0.0729. The number of fused-ring (bicyclic) bond motifs is 1. The lowest BCUT2D eigenvalue weighted by molar-refractivity contribution is -0.242. The molecule has 1 aliphatic rings. The highest BCUT2D eigenvalue weighted by Gasteiger charge is 2.38. The van der Waals surface area contributed by atoms with Crippen molar-refractivity contribution in [3.63, 3.8) is 0 Å². The molecular weight excluding hydrogens is 260 g/mol. The van der Waals surface area contributed by atoms with Crippen molar-refractivity contribution in [1.82, 2.24) is 0 Å². The fraction of sp³-hybridized carbons (Fsp3) is 0.333. The van der Waals surface area contributed by atoms with Crippen molar-refractivity contribution < 1.29 is 24.8 Å². The fourth-order valence-corrected chi connectivity index (χ4v) is 2.26. The zero-order valence-corrected chi connectivity index (χ0v) is 10.7. The first-order valence-electron chi connectivity index (χ1n) is 6.46. The first-order chi connectivity index (χ1) is 9.65. The van der Waals surface area contributed by atoms with Crippen LogP contribution in [-0.2, 0) is 4.74 Å². The van der Waals surface area contributed by atoms with Crippen LogP contribution in [0.1, 0.15) is 0 Å². The van der Waals surface area contributed by atoms with Crippen LogP contribution in [0.2, 0.25) is 0 Å². The first kappa shape index (κ1) is 13.3. The molecule has 1 heterocycles. The summed E-state index contributed by atoms with van der Waals surface area (Å²) in [6, 6.07) is 13.3. The lowest BCUT2D eigenvalue weighted by Gasteiger charge is -2.34. The van der Waals surface area contributed by atoms with Crippen molar-refractivity contribution in [2.75, 3.05) is 6.61 Å². The molecule has 0 saturated carbocycles. The summed E-state index contributed by atoms with van der Waals surface area (Å²) in [6.45, 7) is -0.0729. The summed E-state index contributed by atoms with van der Waals surface area (Å²) in [7, 11) is 0. The largest absolute Gasteiger partial charge is 0.462 e. The van der Waals surface area contributed by atoms with Crippen molar-refractivity contribution in [1.29, 1.82) is 0 Å². The third kappa shape index (κ3) is 2.48. The van der Waals surface area contributed by atoms with Crippen LogP contribution in [-0.4, -0.2) is 46.5 Å². The van der Waals surface area contributed by atoms with E-state index >= 15 is 0 Å². The molecule has 20 heavy (non-hydrogen) atoms. The second-order valence-corrected chi connectivity index (χ2v) is 4.88. The van der Waals surface area contributed by atoms with Crippen LogP contribution < -0.4 is 4.74 Å². The Labute approximate surface area is 116 Å². The molecule has 5 heteroatoms. The minimum atomic E-state index is -1.29. The van der Waals surface area contributed by atoms with Gasteiger partial charge in [0.05, 0.1) is 6.61 Å². The topological polar surface area (TPSA) is 79.2 Å². The quantitative estimate of drug-likeness (QED) is 0.751. The van der Waals surface area contributed by atoms with E-state index in [0.29, 0.717) is 5.75 Å². The van der Waals surface area contributed by atoms with Gasteiger partial charge < -0.3 is 24.8 Å². The van der Waals surface area contributed by atoms with Crippen LogP contribution in [0.25, 0.3) is 10.8 Å². The number of hydrogen-bond acceptors (Lipinski definition) is 5. The highest BCUT2D eigenvalue weighted by molar-refractivity contribution is 5.83. The van der Waals surface area contributed by atoms with Crippen LogP contribution in [0.4, 0.5) is 0 Å². The van der Waals surface area contributed by atoms with E-state index in [1.165, 1.54) is 0 Å². The van der Waals surface area contributed by atoms with Gasteiger partial charge in [-0.15, -0.1) is 0 Å². The van der Waals surface area contributed by atoms with Gasteiger partial charge in [-0.2, -0.15) is 0 Å². The monoisotopic (exact) mass is 276 g/mol. The number of rotatable bonds is 2. The molecule has 0 aromatic heterocycles. The molecule has 1 aliphatic heterocycles. The third-order valence-electron chi connectivity index (χ3n) is 3.43. The lowest BCUT2D eigenvalue weighted by Crippen LogP contribution is -2.54. The van der Waals surface area contributed by atoms with Gasteiger partial charge in [0.1, 0.15) is 24.1 Å². The molecule has 5 nitrogen and oxygen atoms in total. The molecule has 0 radical (unpaired) electrons. The smallest absolute Gasteiger partial charge is 0.228 e. The SMILES string of the molecule is O[C@@H]1[C@H](Oc2ccc3ccccc3c2)OC[C@@H](O)[C@@H]1O. The van der Waals surface area contributed by atoms with Crippen LogP contribution in [0.3, 0.4) is 0 Å². The van der Waals surface area contributed by atoms with E-state index in [0.717, 1.165) is 10.8 Å². The maximum atomic E-state index is 9.82. The predicted octanol–water partition coefficient (Wildman–Crippen LogP) is 0.658. The Bertz CT molecular complexity index is 600. The summed E-state index contributed by atoms with van der Waals surface area (Å²) in [5.74, 6) is 0.538. The summed E-state index contributed by atoms with van der Waals surface area (Å²) < 4.78 is 10.8. The fourth-order valence-electron chi connectivity index (χ4n) is 2.26. The molecule has 0 unspecified atom stereocenters. The van der Waals surface area contributed by atoms with E-state index in [-0.39, 0.29) is 6.61 Å². The van der Waals surface area contributed by atoms with Crippen molar-refractivity contribution in [3.05, 3.63) is 42.5 Å². The second kappa shape index (κ2) is 5.38. The minimum Gasteiger partial charge on any atom is -0.462 e. The zero-order valence-electron chi connectivity index (χ0n) is 10.7. The van der Waals surface area contributed by atoms with Crippen LogP contribution in [0.15, 0.2) is 42.5 Å². The average Bonchev–Trinajstić information content (AvgIpc) is 2.48. The molecule has 0 aliphatic carbocycles. The number of aliphatic hydroxyl groups is 3. The van der Waals surface area contributed by atoms with E-state index in [9.17, 15) is 15.3 Å². The van der Waals surface area contributed by atoms with Gasteiger partial charge in [0, 0.05) is 0 Å². The highest BCUT2D eigenvalue weighted by Crippen LogP contribution is 2.24. The van der Waals surface area contributed by atoms with Crippen molar-refractivity contribution in [2.45, 2.75) is 24.6 Å². The summed E-state index contributed by atoms with van der Waals surface area (Å²) in [5, 5.41) is 30.9. The van der Waals surface area contributed by atoms with Crippen molar-refractivity contribution in [2.24, 2.45) is 0 Å². The molecule has 2 aromatic carbocycles. The highest BCUT2D eigenvalue weighted by atomic mass is 16.7. The number of aliphatic hydroxyl groups excluding tert-OH is 3. The number of hydrogen-bond donors (Lipinski definition) is 3. The lowest BCUT2D eigenvalue weighted by atomic mass is 10.1. The van der Waals surface area contributed by atoms with E-state index in [4.69, 9.17) is 9.47 Å². The maximum absolute atomic E-state index is 9.82. The van der Waals surface area contributed by atoms with Crippen LogP contribution >= 0.6 is 0 Å². The van der Waals surface area contributed by atoms with Gasteiger partial charge in [0.2, 0.25) is 6.29 Å². The van der Waals surface area contributed by atoms with Gasteiger partial charge in [-0.05, 0) is 22.9 Å². The maximum Gasteiger partial charge on any atom is 0.228 e. The Hall–Kier alpha value is -1.66. The average molecular weight is 276 g/mol. The third-order valence-corrected chi connectivity index (χ3v) is 3.43. The molecule has 106 valence electrons. The Balaban J connectivity index is 1.79. The Morgan fingerprint density at radius 3 is 2.50 bits per heavy atom. The number of ether oxygens (including phenoxy) is 2. The normalized spacial score (nSPS) is 30.4. The molecule has 4 atom stereocenters. The summed E-state index contributed by atoms with van der Waals surface area (Å²) in [4.78, 5) is 0. The van der Waals surface area contributed by atoms with E-state index in [1.54, 1.807) is 6.07 Å². The van der Waals surface area contributed by atoms with Gasteiger partial charge in [-0.25, -0.2) is 0 Å². The van der Waals surface area contributed by atoms with Crippen LogP contribution in [0, 0.1) is 0 Å². The van der Waals surface area contributed by atoms with E-state index in [2.05, 4.69) is 0 Å². The Morgan fingerprint density at radius 2 is 1.70 bits per heavy atom. The summed E-state index contributed by atoms with van der Waals surface area (Å²) in [5.41, 5.74) is 0. The second-order valence-electron chi connectivity index (χ2n) is 4.88. The molecular formula is C15H16O5. The molecule has 0 amide bonds. The molecule has 3 N–H and O–H groups in total. The molecule has 1 saturated heterocycles. The van der Waals surface area contributed by atoms with Gasteiger partial charge in [0.15, 0.2) is 0 Å². The molecule has 2 aromatic rings. The summed E-state index contributed by atoms with van der Waals surface area (Å²) >= 11 is 0. The van der Waals surface area contributed by atoms with Gasteiger partial charge in [-0.1, -0.05) is 30.3 Å². The van der Waals surface area contributed by atoms with E-state index in [1.807, 2.05) is 36.4 Å². The van der Waals surface area contributed by atoms with Crippen molar-refractivity contribution in [3.8, 4) is 5.75 Å². The van der Waals surface area contributed by atoms with Crippen LogP contribution in [0.5, 0.6) is 5.75 Å². The molecule has 3 rings (SSSR count). The standard InChI is InChI=1S/C15H16O5/c16-12-8-19-15(14(18)13(12)17)20-11-6-5-9-3-1-2-4-10(9)7-11/h1-7,12-18H,8H2/t12-,13+,14+,15+/m1/s1. The Kier molecular flexibility index (Phi) is 3.58. The molecule has 1 fully saturated rings. The molecule has 0 spiro atoms. The molecule has 0 bridgehead atoms. The van der Waals surface area contributed by atoms with Gasteiger partial charge in [-0.3, -0.25) is 0 Å². The van der Waals surface area contributed by atoms with E-state index < -0.39 is 24.6 Å². The predicted molar refractivity (Wildman–Crippen MR) is 72.3 cm³/mol. The van der Waals surface area contributed by atoms with Crippen molar-refractivity contribution >= 4 is 10.8 Å². The number of benzene rings is 2. The Morgan fingerprint density at radius 1 is 0.950 bits per heavy atom.